The van der Waals surface area contributed by atoms with Gasteiger partial charge >= 0.3 is 0 Å². The second-order valence-corrected chi connectivity index (χ2v) is 4.77. The number of carbonyl (C=O) groups is 2. The van der Waals surface area contributed by atoms with Crippen LogP contribution in [0.25, 0.3) is 0 Å². The van der Waals surface area contributed by atoms with E-state index in [0.29, 0.717) is 0 Å². The molecule has 1 fully saturated rings. The van der Waals surface area contributed by atoms with E-state index in [0.717, 1.165) is 5.56 Å². The van der Waals surface area contributed by atoms with Crippen LogP contribution in [0.3, 0.4) is 0 Å². The number of rotatable bonds is 3. The molecule has 0 saturated carbocycles. The third kappa shape index (κ3) is 2.01. The van der Waals surface area contributed by atoms with Crippen molar-refractivity contribution in [2.45, 2.75) is 25.4 Å². The van der Waals surface area contributed by atoms with Gasteiger partial charge in [-0.05, 0) is 29.3 Å². The molecule has 2 amide bonds. The van der Waals surface area contributed by atoms with Crippen molar-refractivity contribution < 1.29 is 9.59 Å². The van der Waals surface area contributed by atoms with Gasteiger partial charge in [-0.3, -0.25) is 19.8 Å². The lowest BCUT2D eigenvalue weighted by Crippen LogP contribution is -2.38. The number of imide groups is 1. The van der Waals surface area contributed by atoms with Crippen molar-refractivity contribution in [2.24, 2.45) is 0 Å². The first-order valence-electron chi connectivity index (χ1n) is 5.18. The van der Waals surface area contributed by atoms with Crippen LogP contribution < -0.4 is 5.32 Å². The van der Waals surface area contributed by atoms with Gasteiger partial charge in [0.05, 0.1) is 12.5 Å². The minimum Gasteiger partial charge on any atom is -0.299 e. The first-order chi connectivity index (χ1) is 7.59. The van der Waals surface area contributed by atoms with Crippen LogP contribution in [0.1, 0.15) is 24.9 Å². The summed E-state index contributed by atoms with van der Waals surface area (Å²) in [5.74, 6) is -0.243. The van der Waals surface area contributed by atoms with Gasteiger partial charge in [-0.15, -0.1) is 0 Å². The maximum Gasteiger partial charge on any atom is 0.246 e. The van der Waals surface area contributed by atoms with E-state index in [1.165, 1.54) is 11.9 Å². The fourth-order valence-corrected chi connectivity index (χ4v) is 2.56. The Kier molecular flexibility index (Phi) is 3.07. The molecule has 1 aromatic rings. The Morgan fingerprint density at radius 2 is 2.31 bits per heavy atom. The topological polar surface area (TPSA) is 49.4 Å². The molecular formula is C11H14N2O2S. The molecule has 0 bridgehead atoms. The van der Waals surface area contributed by atoms with E-state index in [2.05, 4.69) is 5.32 Å². The van der Waals surface area contributed by atoms with Crippen LogP contribution >= 0.6 is 11.3 Å². The van der Waals surface area contributed by atoms with Crippen molar-refractivity contribution in [1.82, 2.24) is 10.2 Å². The van der Waals surface area contributed by atoms with Crippen molar-refractivity contribution in [3.63, 3.8) is 0 Å². The molecule has 1 saturated heterocycles. The molecule has 1 aliphatic heterocycles. The van der Waals surface area contributed by atoms with E-state index < -0.39 is 0 Å². The fraction of sp³-hybridized carbons (Fsp3) is 0.455. The second kappa shape index (κ2) is 4.35. The Morgan fingerprint density at radius 1 is 1.56 bits per heavy atom. The van der Waals surface area contributed by atoms with Crippen molar-refractivity contribution in [3.05, 3.63) is 22.4 Å². The number of nitrogens with one attached hydrogen (secondary N) is 1. The summed E-state index contributed by atoms with van der Waals surface area (Å²) in [6, 6.07) is 1.75. The summed E-state index contributed by atoms with van der Waals surface area (Å²) in [7, 11) is 1.53. The predicted octanol–water partition coefficient (Wildman–Crippen LogP) is 1.16. The maximum atomic E-state index is 11.7. The van der Waals surface area contributed by atoms with E-state index in [-0.39, 0.29) is 30.3 Å². The average Bonchev–Trinajstić information content (AvgIpc) is 2.85. The van der Waals surface area contributed by atoms with Gasteiger partial charge in [-0.1, -0.05) is 0 Å². The average molecular weight is 238 g/mol. The van der Waals surface area contributed by atoms with Gasteiger partial charge in [0.25, 0.3) is 0 Å². The van der Waals surface area contributed by atoms with E-state index in [9.17, 15) is 9.59 Å². The SMILES string of the molecule is CC(NC1CC(=O)N(C)C1=O)c1ccsc1. The largest absolute Gasteiger partial charge is 0.299 e. The summed E-state index contributed by atoms with van der Waals surface area (Å²) in [5.41, 5.74) is 1.15. The van der Waals surface area contributed by atoms with E-state index in [1.807, 2.05) is 23.8 Å². The van der Waals surface area contributed by atoms with E-state index >= 15 is 0 Å². The minimum atomic E-state index is -0.368. The van der Waals surface area contributed by atoms with Crippen molar-refractivity contribution in [3.8, 4) is 0 Å². The van der Waals surface area contributed by atoms with Gasteiger partial charge < -0.3 is 0 Å². The first-order valence-corrected chi connectivity index (χ1v) is 6.12. The van der Waals surface area contributed by atoms with Gasteiger partial charge in [-0.2, -0.15) is 11.3 Å². The molecule has 0 spiro atoms. The molecule has 1 aromatic heterocycles. The minimum absolute atomic E-state index is 0.0968. The highest BCUT2D eigenvalue weighted by Gasteiger charge is 2.36. The summed E-state index contributed by atoms with van der Waals surface area (Å²) in [6.07, 6.45) is 0.268. The number of nitrogens with zero attached hydrogens (tertiary/aromatic N) is 1. The molecule has 86 valence electrons. The molecule has 2 rings (SSSR count). The molecule has 2 heterocycles. The van der Waals surface area contributed by atoms with Crippen molar-refractivity contribution in [2.75, 3.05) is 7.05 Å². The number of hydrogen-bond donors (Lipinski definition) is 1. The van der Waals surface area contributed by atoms with E-state index in [1.54, 1.807) is 11.3 Å². The van der Waals surface area contributed by atoms with Crippen LogP contribution in [0, 0.1) is 0 Å². The molecule has 2 unspecified atom stereocenters. The quantitative estimate of drug-likeness (QED) is 0.804. The van der Waals surface area contributed by atoms with Crippen molar-refractivity contribution >= 4 is 23.2 Å². The molecule has 0 radical (unpaired) electrons. The Balaban J connectivity index is 2.01. The Hall–Kier alpha value is -1.20. The van der Waals surface area contributed by atoms with Crippen LogP contribution in [0.4, 0.5) is 0 Å². The highest BCUT2D eigenvalue weighted by molar-refractivity contribution is 7.07. The van der Waals surface area contributed by atoms with Gasteiger partial charge in [-0.25, -0.2) is 0 Å². The monoisotopic (exact) mass is 238 g/mol. The summed E-state index contributed by atoms with van der Waals surface area (Å²) in [4.78, 5) is 24.2. The standard InChI is InChI=1S/C11H14N2O2S/c1-7(8-3-4-16-6-8)12-9-5-10(14)13(2)11(9)15/h3-4,6-7,9,12H,5H2,1-2H3. The molecule has 1 N–H and O–H groups in total. The van der Waals surface area contributed by atoms with Gasteiger partial charge in [0, 0.05) is 13.1 Å². The number of amides is 2. The lowest BCUT2D eigenvalue weighted by Gasteiger charge is -2.16. The number of hydrogen-bond acceptors (Lipinski definition) is 4. The molecule has 16 heavy (non-hydrogen) atoms. The smallest absolute Gasteiger partial charge is 0.246 e. The summed E-state index contributed by atoms with van der Waals surface area (Å²) in [6.45, 7) is 2.00. The van der Waals surface area contributed by atoms with Crippen LogP contribution in [-0.2, 0) is 9.59 Å². The Labute approximate surface area is 98.3 Å². The highest BCUT2D eigenvalue weighted by atomic mass is 32.1. The summed E-state index contributed by atoms with van der Waals surface area (Å²) in [5, 5.41) is 7.23. The molecule has 0 aromatic carbocycles. The van der Waals surface area contributed by atoms with Gasteiger partial charge in [0.1, 0.15) is 0 Å². The Morgan fingerprint density at radius 3 is 2.81 bits per heavy atom. The third-order valence-electron chi connectivity index (χ3n) is 2.88. The molecule has 0 aliphatic carbocycles. The molecule has 2 atom stereocenters. The van der Waals surface area contributed by atoms with Crippen LogP contribution in [-0.4, -0.2) is 29.8 Å². The zero-order valence-corrected chi connectivity index (χ0v) is 10.1. The number of likely N-dealkylation sites (tertiary alicyclic amines) is 1. The molecule has 4 nitrogen and oxygen atoms in total. The first kappa shape index (κ1) is 11.3. The highest BCUT2D eigenvalue weighted by Crippen LogP contribution is 2.19. The molecule has 1 aliphatic rings. The lowest BCUT2D eigenvalue weighted by molar-refractivity contribution is -0.137. The Bertz CT molecular complexity index is 402. The summed E-state index contributed by atoms with van der Waals surface area (Å²) >= 11 is 1.63. The van der Waals surface area contributed by atoms with E-state index in [4.69, 9.17) is 0 Å². The summed E-state index contributed by atoms with van der Waals surface area (Å²) < 4.78 is 0. The van der Waals surface area contributed by atoms with Crippen LogP contribution in [0.2, 0.25) is 0 Å². The number of likely N-dealkylation sites (N-methyl/N-ethyl adjacent to an activating group) is 1. The maximum absolute atomic E-state index is 11.7. The molecular weight excluding hydrogens is 224 g/mol. The third-order valence-corrected chi connectivity index (χ3v) is 3.58. The molecule has 5 heteroatoms. The van der Waals surface area contributed by atoms with Crippen molar-refractivity contribution in [1.29, 1.82) is 0 Å². The van der Waals surface area contributed by atoms with Crippen LogP contribution in [0.5, 0.6) is 0 Å². The fourth-order valence-electron chi connectivity index (χ4n) is 1.81. The predicted molar refractivity (Wildman–Crippen MR) is 62.1 cm³/mol. The lowest BCUT2D eigenvalue weighted by atomic mass is 10.1. The zero-order chi connectivity index (χ0) is 11.7. The van der Waals surface area contributed by atoms with Gasteiger partial charge in [0.2, 0.25) is 11.8 Å². The zero-order valence-electron chi connectivity index (χ0n) is 9.27. The number of carbonyl (C=O) groups excluding carboxylic acids is 2. The normalized spacial score (nSPS) is 22.9. The second-order valence-electron chi connectivity index (χ2n) is 3.99. The number of thiophene rings is 1. The van der Waals surface area contributed by atoms with Gasteiger partial charge in [0.15, 0.2) is 0 Å². The van der Waals surface area contributed by atoms with Crippen LogP contribution in [0.15, 0.2) is 16.8 Å².